The number of aromatic nitrogens is 3. The highest BCUT2D eigenvalue weighted by Gasteiger charge is 2.24. The van der Waals surface area contributed by atoms with E-state index in [0.717, 1.165) is 6.42 Å². The van der Waals surface area contributed by atoms with E-state index in [-0.39, 0.29) is 12.0 Å². The first kappa shape index (κ1) is 10.9. The van der Waals surface area contributed by atoms with Crippen LogP contribution in [0.25, 0.3) is 0 Å². The summed E-state index contributed by atoms with van der Waals surface area (Å²) < 4.78 is 4.94. The Balaban J connectivity index is 2.11. The smallest absolute Gasteiger partial charge is 0.322 e. The summed E-state index contributed by atoms with van der Waals surface area (Å²) in [7, 11) is 1.51. The van der Waals surface area contributed by atoms with Gasteiger partial charge in [0.05, 0.1) is 7.11 Å². The first-order valence-electron chi connectivity index (χ1n) is 5.51. The van der Waals surface area contributed by atoms with Gasteiger partial charge in [-0.1, -0.05) is 13.3 Å². The van der Waals surface area contributed by atoms with E-state index in [1.807, 2.05) is 0 Å². The normalized spacial score (nSPS) is 24.4. The first-order chi connectivity index (χ1) is 7.69. The predicted molar refractivity (Wildman–Crippen MR) is 61.2 cm³/mol. The Hall–Kier alpha value is -1.59. The summed E-state index contributed by atoms with van der Waals surface area (Å²) in [6.45, 7) is 2.23. The lowest BCUT2D eigenvalue weighted by Gasteiger charge is -2.17. The minimum absolute atomic E-state index is 0.181. The van der Waals surface area contributed by atoms with E-state index in [2.05, 4.69) is 27.2 Å². The van der Waals surface area contributed by atoms with Gasteiger partial charge in [0, 0.05) is 6.04 Å². The third kappa shape index (κ3) is 2.32. The fraction of sp³-hybridized carbons (Fsp3) is 0.700. The summed E-state index contributed by atoms with van der Waals surface area (Å²) in [6, 6.07) is 0.673. The van der Waals surface area contributed by atoms with Crippen LogP contribution in [0, 0.1) is 5.92 Å². The lowest BCUT2D eigenvalue weighted by Crippen LogP contribution is -2.23. The third-order valence-corrected chi connectivity index (χ3v) is 2.99. The molecule has 0 saturated heterocycles. The van der Waals surface area contributed by atoms with Gasteiger partial charge in [-0.25, -0.2) is 0 Å². The van der Waals surface area contributed by atoms with Crippen molar-refractivity contribution in [3.05, 3.63) is 0 Å². The Morgan fingerprint density at radius 3 is 2.75 bits per heavy atom. The highest BCUT2D eigenvalue weighted by atomic mass is 16.5. The van der Waals surface area contributed by atoms with E-state index in [0.29, 0.717) is 17.9 Å². The van der Waals surface area contributed by atoms with Crippen molar-refractivity contribution in [2.45, 2.75) is 32.2 Å². The van der Waals surface area contributed by atoms with Gasteiger partial charge >= 0.3 is 6.01 Å². The number of ether oxygens (including phenoxy) is 1. The lowest BCUT2D eigenvalue weighted by atomic mass is 10.1. The molecule has 1 aromatic heterocycles. The summed E-state index contributed by atoms with van der Waals surface area (Å²) in [5.41, 5.74) is 5.56. The molecular formula is C10H17N5O. The number of nitrogens with two attached hydrogens (primary N) is 1. The van der Waals surface area contributed by atoms with E-state index in [1.165, 1.54) is 20.0 Å². The molecule has 0 radical (unpaired) electrons. The van der Waals surface area contributed by atoms with Crippen molar-refractivity contribution in [3.8, 4) is 6.01 Å². The molecule has 0 spiro atoms. The molecule has 0 amide bonds. The van der Waals surface area contributed by atoms with Crippen LogP contribution in [0.3, 0.4) is 0 Å². The molecule has 88 valence electrons. The van der Waals surface area contributed by atoms with Crippen LogP contribution in [0.4, 0.5) is 11.9 Å². The van der Waals surface area contributed by atoms with Crippen LogP contribution in [0.15, 0.2) is 0 Å². The van der Waals surface area contributed by atoms with E-state index in [4.69, 9.17) is 10.5 Å². The van der Waals surface area contributed by atoms with E-state index < -0.39 is 0 Å². The van der Waals surface area contributed by atoms with Gasteiger partial charge in [-0.2, -0.15) is 15.0 Å². The van der Waals surface area contributed by atoms with Crippen molar-refractivity contribution in [1.82, 2.24) is 15.0 Å². The number of rotatable bonds is 3. The molecule has 0 aromatic carbocycles. The summed E-state index contributed by atoms with van der Waals surface area (Å²) in [5.74, 6) is 1.33. The van der Waals surface area contributed by atoms with Gasteiger partial charge < -0.3 is 15.8 Å². The summed E-state index contributed by atoms with van der Waals surface area (Å²) in [5, 5.41) is 3.28. The molecule has 1 saturated carbocycles. The maximum absolute atomic E-state index is 5.56. The van der Waals surface area contributed by atoms with Gasteiger partial charge in [-0.05, 0) is 18.8 Å². The second kappa shape index (κ2) is 4.51. The number of nitrogens with one attached hydrogen (secondary N) is 1. The number of anilines is 2. The van der Waals surface area contributed by atoms with Crippen molar-refractivity contribution in [3.63, 3.8) is 0 Å². The lowest BCUT2D eigenvalue weighted by molar-refractivity contribution is 0.379. The Kier molecular flexibility index (Phi) is 3.07. The molecule has 1 fully saturated rings. The maximum Gasteiger partial charge on any atom is 0.322 e. The zero-order chi connectivity index (χ0) is 11.5. The Morgan fingerprint density at radius 2 is 2.12 bits per heavy atom. The molecule has 2 rings (SSSR count). The minimum atomic E-state index is 0.181. The maximum atomic E-state index is 5.56. The second-order valence-electron chi connectivity index (χ2n) is 4.16. The Bertz CT molecular complexity index is 370. The molecule has 1 aliphatic carbocycles. The Labute approximate surface area is 94.6 Å². The number of nitrogen functional groups attached to an aromatic ring is 1. The fourth-order valence-corrected chi connectivity index (χ4v) is 2.05. The molecule has 1 aromatic rings. The second-order valence-corrected chi connectivity index (χ2v) is 4.16. The number of hydrogen-bond donors (Lipinski definition) is 2. The number of nitrogens with zero attached hydrogens (tertiary/aromatic N) is 3. The van der Waals surface area contributed by atoms with Crippen LogP contribution < -0.4 is 15.8 Å². The SMILES string of the molecule is COc1nc(N)nc(NC2CCCC2C)n1. The van der Waals surface area contributed by atoms with Crippen molar-refractivity contribution >= 4 is 11.9 Å². The van der Waals surface area contributed by atoms with Crippen molar-refractivity contribution in [2.24, 2.45) is 5.92 Å². The van der Waals surface area contributed by atoms with E-state index >= 15 is 0 Å². The number of methoxy groups -OCH3 is 1. The molecule has 3 N–H and O–H groups in total. The van der Waals surface area contributed by atoms with Crippen LogP contribution in [0.1, 0.15) is 26.2 Å². The van der Waals surface area contributed by atoms with Gasteiger partial charge in [-0.15, -0.1) is 0 Å². The molecule has 16 heavy (non-hydrogen) atoms. The molecule has 2 unspecified atom stereocenters. The van der Waals surface area contributed by atoms with Gasteiger partial charge in [0.15, 0.2) is 0 Å². The quantitative estimate of drug-likeness (QED) is 0.797. The van der Waals surface area contributed by atoms with Crippen LogP contribution in [0.2, 0.25) is 0 Å². The summed E-state index contributed by atoms with van der Waals surface area (Å²) in [4.78, 5) is 12.0. The monoisotopic (exact) mass is 223 g/mol. The molecule has 1 aliphatic rings. The number of hydrogen-bond acceptors (Lipinski definition) is 6. The van der Waals surface area contributed by atoms with E-state index in [1.54, 1.807) is 0 Å². The third-order valence-electron chi connectivity index (χ3n) is 2.99. The van der Waals surface area contributed by atoms with Crippen molar-refractivity contribution in [2.75, 3.05) is 18.2 Å². The van der Waals surface area contributed by atoms with Crippen LogP contribution in [0.5, 0.6) is 6.01 Å². The summed E-state index contributed by atoms with van der Waals surface area (Å²) in [6.07, 6.45) is 3.64. The van der Waals surface area contributed by atoms with Gasteiger partial charge in [-0.3, -0.25) is 0 Å². The highest BCUT2D eigenvalue weighted by Crippen LogP contribution is 2.27. The molecule has 0 bridgehead atoms. The van der Waals surface area contributed by atoms with Crippen molar-refractivity contribution in [1.29, 1.82) is 0 Å². The van der Waals surface area contributed by atoms with Crippen molar-refractivity contribution < 1.29 is 4.74 Å². The summed E-state index contributed by atoms with van der Waals surface area (Å²) >= 11 is 0. The van der Waals surface area contributed by atoms with Gasteiger partial charge in [0.2, 0.25) is 11.9 Å². The highest BCUT2D eigenvalue weighted by molar-refractivity contribution is 5.33. The average Bonchev–Trinajstić information content (AvgIpc) is 2.63. The zero-order valence-corrected chi connectivity index (χ0v) is 9.60. The molecule has 1 heterocycles. The van der Waals surface area contributed by atoms with E-state index in [9.17, 15) is 0 Å². The molecule has 2 atom stereocenters. The minimum Gasteiger partial charge on any atom is -0.467 e. The molecular weight excluding hydrogens is 206 g/mol. The first-order valence-corrected chi connectivity index (χ1v) is 5.51. The van der Waals surface area contributed by atoms with Gasteiger partial charge in [0.1, 0.15) is 0 Å². The van der Waals surface area contributed by atoms with Crippen LogP contribution in [-0.2, 0) is 0 Å². The molecule has 0 aliphatic heterocycles. The van der Waals surface area contributed by atoms with Gasteiger partial charge in [0.25, 0.3) is 0 Å². The largest absolute Gasteiger partial charge is 0.467 e. The fourth-order valence-electron chi connectivity index (χ4n) is 2.05. The zero-order valence-electron chi connectivity index (χ0n) is 9.60. The predicted octanol–water partition coefficient (Wildman–Crippen LogP) is 1.06. The standard InChI is InChI=1S/C10H17N5O/c1-6-4-3-5-7(6)12-9-13-8(11)14-10(15-9)16-2/h6-7H,3-5H2,1-2H3,(H3,11,12,13,14,15). The van der Waals surface area contributed by atoms with Crippen LogP contribution >= 0.6 is 0 Å². The topological polar surface area (TPSA) is 86.0 Å². The van der Waals surface area contributed by atoms with Crippen LogP contribution in [-0.4, -0.2) is 28.1 Å². The average molecular weight is 223 g/mol. The Morgan fingerprint density at radius 1 is 1.31 bits per heavy atom. The molecule has 6 nitrogen and oxygen atoms in total. The molecule has 6 heteroatoms.